The first-order valence-corrected chi connectivity index (χ1v) is 43.3. The number of phosphoric acid groups is 2. The maximum absolute atomic E-state index is 14.4. The van der Waals surface area contributed by atoms with Crippen molar-refractivity contribution in [2.75, 3.05) is 52.3 Å². The van der Waals surface area contributed by atoms with Gasteiger partial charge in [0.1, 0.15) is 55.1 Å². The number of amides is 11. The van der Waals surface area contributed by atoms with Gasteiger partial charge >= 0.3 is 45.8 Å². The number of nitrogens with zero attached hydrogens (tertiary/aromatic N) is 2. The van der Waals surface area contributed by atoms with Gasteiger partial charge in [-0.3, -0.25) is 42.6 Å². The van der Waals surface area contributed by atoms with Crippen LogP contribution in [0.3, 0.4) is 0 Å². The molecule has 2 unspecified atom stereocenters. The number of ether oxygens (including phenoxy) is 4. The van der Waals surface area contributed by atoms with Gasteiger partial charge in [-0.15, -0.1) is 0 Å². The summed E-state index contributed by atoms with van der Waals surface area (Å²) in [5.74, 6) is -9.27. The van der Waals surface area contributed by atoms with E-state index in [4.69, 9.17) is 45.3 Å². The summed E-state index contributed by atoms with van der Waals surface area (Å²) in [6.45, 7) is 18.0. The summed E-state index contributed by atoms with van der Waals surface area (Å²) in [6, 6.07) is 19.6. The summed E-state index contributed by atoms with van der Waals surface area (Å²) in [5, 5.41) is 21.5. The monoisotopic (exact) mass is 1730 g/mol. The summed E-state index contributed by atoms with van der Waals surface area (Å²) in [7, 11) is -7.84. The van der Waals surface area contributed by atoms with Crippen molar-refractivity contribution < 1.29 is 109 Å². The van der Waals surface area contributed by atoms with E-state index >= 15 is 0 Å². The van der Waals surface area contributed by atoms with E-state index in [1.165, 1.54) is 65.2 Å². The van der Waals surface area contributed by atoms with Crippen LogP contribution in [0.2, 0.25) is 5.02 Å². The fourth-order valence-corrected chi connectivity index (χ4v) is 15.5. The number of anilines is 1. The van der Waals surface area contributed by atoms with Crippen LogP contribution in [0.15, 0.2) is 120 Å². The van der Waals surface area contributed by atoms with Crippen molar-refractivity contribution in [3.63, 3.8) is 0 Å². The average Bonchev–Trinajstić information content (AvgIpc) is 1.61. The molecular formula is C83H116ClN11O23P2. The second-order valence-electron chi connectivity index (χ2n) is 30.7. The van der Waals surface area contributed by atoms with Crippen LogP contribution < -0.4 is 48.3 Å². The highest BCUT2D eigenvalue weighted by molar-refractivity contribution is 7.61. The highest BCUT2D eigenvalue weighted by Gasteiger charge is 2.41. The van der Waals surface area contributed by atoms with E-state index in [9.17, 15) is 76.5 Å². The second-order valence-corrected chi connectivity index (χ2v) is 34.2. The van der Waals surface area contributed by atoms with Crippen LogP contribution in [0.1, 0.15) is 163 Å². The average molecular weight is 1730 g/mol. The molecule has 1 heterocycles. The molecule has 37 heteroatoms. The number of carbonyl (C=O) groups is 12. The molecule has 1 aliphatic carbocycles. The lowest BCUT2D eigenvalue weighted by Crippen LogP contribution is -2.57. The van der Waals surface area contributed by atoms with Crippen LogP contribution in [0.5, 0.6) is 0 Å². The molecule has 1 aliphatic heterocycles. The number of halogens is 1. The van der Waals surface area contributed by atoms with E-state index in [-0.39, 0.29) is 99.7 Å². The molecule has 2 aliphatic rings. The number of hydrogen-bond donors (Lipinski definition) is 11. The number of allylic oxidation sites excluding steroid dienone is 1. The Morgan fingerprint density at radius 2 is 1.33 bits per heavy atom. The summed E-state index contributed by atoms with van der Waals surface area (Å²) < 4.78 is 64.1. The number of hydrogen-bond acceptors (Lipinski definition) is 21. The Morgan fingerprint density at radius 1 is 0.725 bits per heavy atom. The molecule has 12 N–H and O–H groups in total. The zero-order chi connectivity index (χ0) is 88.9. The van der Waals surface area contributed by atoms with Gasteiger partial charge in [-0.2, -0.15) is 4.31 Å². The largest absolute Gasteiger partial charge is 0.481 e. The van der Waals surface area contributed by atoms with Crippen molar-refractivity contribution in [2.45, 2.75) is 208 Å². The topological polar surface area (TPSA) is 473 Å². The van der Waals surface area contributed by atoms with Crippen LogP contribution in [0.4, 0.5) is 20.1 Å². The number of benzene rings is 4. The Kier molecular flexibility index (Phi) is 38.9. The van der Waals surface area contributed by atoms with Crippen molar-refractivity contribution in [3.05, 3.63) is 148 Å². The number of nitrogens with two attached hydrogens (primary N) is 1. The molecule has 34 nitrogen and oxygen atoms in total. The third kappa shape index (κ3) is 30.9. The van der Waals surface area contributed by atoms with Crippen LogP contribution >= 0.6 is 27.2 Å². The lowest BCUT2D eigenvalue weighted by atomic mass is 9.90. The Morgan fingerprint density at radius 3 is 1.94 bits per heavy atom. The molecule has 0 fully saturated rings. The molecule has 120 heavy (non-hydrogen) atoms. The van der Waals surface area contributed by atoms with Gasteiger partial charge in [0.2, 0.25) is 35.4 Å². The number of alkyl carbamates (subject to hydrolysis) is 2. The standard InChI is InChI=1S/C83H116ClN11O23P2/c1-15-50(7)71-76(100)89-55(12)80(104)117-72(51(8)16-2)53(10)67(39-30-52(9)79(103)115-68(43-48(3)4)74(98)88-54(11)77(101)95(14)66(44-56-31-35-58(84)36-32-56)78(102)94(13)45-69(96)92-71)116-82(106)87-40-22-17-23-42-113-119(108,109)118-120(110,111)114-46-57-33-37-59(38-34-57)90-73(97)65(29-24-41-86-81(85)105)91-75(99)70(49(5)6)93-83(107)112-47-64-62-27-20-18-25-60(62)61-26-19-21-28-63(61)64/h16,18-21,25-28,30-38,48-50,53-55,64-68,70-72H,15,17,22-24,29,39-47H2,1-14H3,(H,87,106)(H,88,98)(H,89,100)(H,90,97)(H,91,99)(H,92,96)(H,93,107)(H,108,109)(H,110,111)(H3,85,86,105)/b51-16+,52-30+/t50-,53+,54+,55-,65+,66-,67+,68-,70-,71+,72-/m1/s1. The highest BCUT2D eigenvalue weighted by atomic mass is 35.5. The van der Waals surface area contributed by atoms with Crippen LogP contribution in [0, 0.1) is 23.7 Å². The molecule has 0 saturated heterocycles. The zero-order valence-corrected chi connectivity index (χ0v) is 72.8. The molecule has 658 valence electrons. The van der Waals surface area contributed by atoms with Crippen molar-refractivity contribution >= 4 is 104 Å². The second kappa shape index (κ2) is 47.2. The number of nitrogens with one attached hydrogen (secondary N) is 8. The lowest BCUT2D eigenvalue weighted by Gasteiger charge is -2.33. The Balaban J connectivity index is 1.05. The van der Waals surface area contributed by atoms with Crippen molar-refractivity contribution in [2.24, 2.45) is 29.4 Å². The molecular weight excluding hydrogens is 1620 g/mol. The number of likely N-dealkylation sites (N-methyl/N-ethyl adjacent to an activating group) is 2. The minimum atomic E-state index is -5.30. The third-order valence-electron chi connectivity index (χ3n) is 20.5. The van der Waals surface area contributed by atoms with Gasteiger partial charge in [0.25, 0.3) is 5.91 Å². The molecule has 0 aromatic heterocycles. The first kappa shape index (κ1) is 98.8. The molecule has 0 saturated carbocycles. The maximum Gasteiger partial charge on any atom is 0.481 e. The van der Waals surface area contributed by atoms with Gasteiger partial charge in [0.05, 0.1) is 19.8 Å². The summed E-state index contributed by atoms with van der Waals surface area (Å²) in [4.78, 5) is 189. The summed E-state index contributed by atoms with van der Waals surface area (Å²) in [6.07, 6.45) is -1.64. The maximum atomic E-state index is 14.4. The number of urea groups is 1. The smallest absolute Gasteiger partial charge is 0.456 e. The van der Waals surface area contributed by atoms with Gasteiger partial charge in [-0.1, -0.05) is 151 Å². The lowest BCUT2D eigenvalue weighted by molar-refractivity contribution is -0.155. The number of esters is 2. The number of primary amides is 1. The van der Waals surface area contributed by atoms with Gasteiger partial charge in [-0.05, 0) is 154 Å². The molecule has 11 amide bonds. The quantitative estimate of drug-likeness (QED) is 0.00712. The van der Waals surface area contributed by atoms with E-state index in [0.29, 0.717) is 22.6 Å². The molecule has 6 rings (SSSR count). The Bertz CT molecular complexity index is 4350. The molecule has 0 radical (unpaired) electrons. The van der Waals surface area contributed by atoms with Gasteiger partial charge < -0.3 is 86.8 Å². The predicted molar refractivity (Wildman–Crippen MR) is 446 cm³/mol. The fourth-order valence-electron chi connectivity index (χ4n) is 13.2. The van der Waals surface area contributed by atoms with E-state index in [0.717, 1.165) is 32.1 Å². The van der Waals surface area contributed by atoms with E-state index in [2.05, 4.69) is 46.8 Å². The SMILES string of the molecule is C/C=C(\C)[C@H]1OC(=O)[C@@H](C)NC(=O)[C@H]([C@H](C)CC)NC(=O)CN(C)C(=O)[C@@H](Cc2ccc(Cl)cc2)N(C)C(=O)[C@H](C)NC(=O)[C@@H](CC(C)C)OC(=O)/C(C)=C/C[C@H](OC(=O)NCCCCCOP(=O)(O)OP(=O)(O)OCc2ccc(NC(=O)[C@H](CCCNC(N)=O)NC(=O)[C@H](NC(=O)OCC3c4ccccc4-c4ccccc43)C(C)C)cc2)[C@@H]1C. The number of unbranched alkanes of at least 4 members (excludes halogenated alkanes) is 2. The van der Waals surface area contributed by atoms with Crippen LogP contribution in [-0.4, -0.2) is 193 Å². The van der Waals surface area contributed by atoms with Gasteiger partial charge in [0.15, 0.2) is 6.10 Å². The molecule has 4 aromatic rings. The minimum Gasteiger partial charge on any atom is -0.456 e. The molecule has 13 atom stereocenters. The van der Waals surface area contributed by atoms with Crippen molar-refractivity contribution in [3.8, 4) is 11.1 Å². The number of phosphoric ester groups is 2. The molecule has 0 bridgehead atoms. The van der Waals surface area contributed by atoms with Gasteiger partial charge in [-0.25, -0.2) is 33.1 Å². The molecule has 4 aromatic carbocycles. The normalized spacial score (nSPS) is 21.9. The van der Waals surface area contributed by atoms with Crippen LogP contribution in [0.25, 0.3) is 11.1 Å². The number of cyclic esters (lactones) is 2. The summed E-state index contributed by atoms with van der Waals surface area (Å²) in [5.41, 5.74) is 10.8. The fraction of sp³-hybridized carbons (Fsp3) is 0.518. The minimum absolute atomic E-state index is 0.00931. The van der Waals surface area contributed by atoms with Crippen LogP contribution in [-0.2, 0) is 97.6 Å². The first-order chi connectivity index (χ1) is 56.6. The van der Waals surface area contributed by atoms with Crippen molar-refractivity contribution in [1.29, 1.82) is 0 Å². The predicted octanol–water partition coefficient (Wildman–Crippen LogP) is 9.68. The van der Waals surface area contributed by atoms with Gasteiger partial charge in [0, 0.05) is 68.1 Å². The number of carbonyl (C=O) groups excluding carboxylic acids is 12. The van der Waals surface area contributed by atoms with E-state index in [1.54, 1.807) is 92.7 Å². The summed E-state index contributed by atoms with van der Waals surface area (Å²) >= 11 is 6.18. The number of rotatable bonds is 32. The third-order valence-corrected chi connectivity index (χ3v) is 23.3. The Hall–Kier alpha value is -10.1. The number of fused-ring (bicyclic) bond motifs is 3. The van der Waals surface area contributed by atoms with E-state index < -0.39 is 179 Å². The highest BCUT2D eigenvalue weighted by Crippen LogP contribution is 2.61. The molecule has 0 spiro atoms. The Labute approximate surface area is 705 Å². The van der Waals surface area contributed by atoms with Crippen molar-refractivity contribution in [1.82, 2.24) is 47.0 Å². The van der Waals surface area contributed by atoms with E-state index in [1.807, 2.05) is 48.5 Å². The first-order valence-electron chi connectivity index (χ1n) is 40.0. The zero-order valence-electron chi connectivity index (χ0n) is 70.3.